The summed E-state index contributed by atoms with van der Waals surface area (Å²) in [7, 11) is 0. The Labute approximate surface area is 112 Å². The van der Waals surface area contributed by atoms with Crippen LogP contribution in [0.4, 0.5) is 0 Å². The van der Waals surface area contributed by atoms with Gasteiger partial charge in [-0.05, 0) is 40.2 Å². The standard InChI is InChI=1S/C14H9BrN2O/c15-10-5-3-7-17-11-8-18-12-6-2-1-4-9(12)13(11)16-14(10)17/h1-7H,8H2. The Balaban J connectivity index is 2.11. The third kappa shape index (κ3) is 1.26. The van der Waals surface area contributed by atoms with Gasteiger partial charge in [0, 0.05) is 11.8 Å². The molecular formula is C14H9BrN2O. The second-order valence-electron chi connectivity index (χ2n) is 4.24. The lowest BCUT2D eigenvalue weighted by atomic mass is 10.1. The van der Waals surface area contributed by atoms with Gasteiger partial charge in [-0.15, -0.1) is 0 Å². The van der Waals surface area contributed by atoms with Crippen molar-refractivity contribution >= 4 is 21.6 Å². The molecule has 0 saturated carbocycles. The number of benzene rings is 1. The van der Waals surface area contributed by atoms with Gasteiger partial charge in [-0.3, -0.25) is 4.40 Å². The molecule has 0 amide bonds. The van der Waals surface area contributed by atoms with Crippen LogP contribution in [0.15, 0.2) is 47.1 Å². The molecule has 4 rings (SSSR count). The molecular weight excluding hydrogens is 292 g/mol. The third-order valence-corrected chi connectivity index (χ3v) is 3.83. The molecule has 0 saturated heterocycles. The maximum atomic E-state index is 5.78. The summed E-state index contributed by atoms with van der Waals surface area (Å²) in [6, 6.07) is 12.0. The highest BCUT2D eigenvalue weighted by molar-refractivity contribution is 9.10. The fourth-order valence-electron chi connectivity index (χ4n) is 2.37. The van der Waals surface area contributed by atoms with E-state index < -0.39 is 0 Å². The summed E-state index contributed by atoms with van der Waals surface area (Å²) in [4.78, 5) is 4.73. The van der Waals surface area contributed by atoms with Gasteiger partial charge in [-0.1, -0.05) is 12.1 Å². The van der Waals surface area contributed by atoms with Gasteiger partial charge in [0.15, 0.2) is 5.65 Å². The zero-order chi connectivity index (χ0) is 12.1. The van der Waals surface area contributed by atoms with Crippen LogP contribution in [0.3, 0.4) is 0 Å². The van der Waals surface area contributed by atoms with E-state index in [1.165, 1.54) is 0 Å². The van der Waals surface area contributed by atoms with Gasteiger partial charge in [-0.25, -0.2) is 4.98 Å². The molecule has 0 bridgehead atoms. The molecule has 0 radical (unpaired) electrons. The smallest absolute Gasteiger partial charge is 0.152 e. The van der Waals surface area contributed by atoms with Gasteiger partial charge >= 0.3 is 0 Å². The molecule has 3 nitrogen and oxygen atoms in total. The molecule has 0 aliphatic carbocycles. The lowest BCUT2D eigenvalue weighted by Gasteiger charge is -2.16. The van der Waals surface area contributed by atoms with Gasteiger partial charge in [0.05, 0.1) is 15.9 Å². The number of fused-ring (bicyclic) bond motifs is 5. The SMILES string of the molecule is Brc1cccn2c3c(nc12)-c1ccccc1OC3. The van der Waals surface area contributed by atoms with Crippen LogP contribution in [0.1, 0.15) is 5.69 Å². The Kier molecular flexibility index (Phi) is 2.02. The number of nitrogens with zero attached hydrogens (tertiary/aromatic N) is 2. The number of hydrogen-bond acceptors (Lipinski definition) is 2. The molecule has 1 aromatic carbocycles. The molecule has 3 aromatic rings. The number of pyridine rings is 1. The van der Waals surface area contributed by atoms with Crippen molar-refractivity contribution in [2.75, 3.05) is 0 Å². The van der Waals surface area contributed by atoms with Crippen molar-refractivity contribution < 1.29 is 4.74 Å². The van der Waals surface area contributed by atoms with Gasteiger partial charge in [0.2, 0.25) is 0 Å². The number of halogens is 1. The third-order valence-electron chi connectivity index (χ3n) is 3.21. The lowest BCUT2D eigenvalue weighted by Crippen LogP contribution is -2.06. The molecule has 4 heteroatoms. The zero-order valence-corrected chi connectivity index (χ0v) is 11.0. The molecule has 3 heterocycles. The van der Waals surface area contributed by atoms with E-state index in [2.05, 4.69) is 20.3 Å². The van der Waals surface area contributed by atoms with E-state index in [0.29, 0.717) is 6.61 Å². The van der Waals surface area contributed by atoms with Crippen LogP contribution in [0.25, 0.3) is 16.9 Å². The average molecular weight is 301 g/mol. The molecule has 1 aliphatic rings. The molecule has 88 valence electrons. The monoisotopic (exact) mass is 300 g/mol. The van der Waals surface area contributed by atoms with Gasteiger partial charge < -0.3 is 4.74 Å². The average Bonchev–Trinajstić information content (AvgIpc) is 2.79. The minimum atomic E-state index is 0.559. The lowest BCUT2D eigenvalue weighted by molar-refractivity contribution is 0.296. The minimum Gasteiger partial charge on any atom is -0.487 e. The van der Waals surface area contributed by atoms with Crippen molar-refractivity contribution in [3.05, 3.63) is 52.8 Å². The van der Waals surface area contributed by atoms with Crippen molar-refractivity contribution in [1.29, 1.82) is 0 Å². The van der Waals surface area contributed by atoms with Gasteiger partial charge in [0.25, 0.3) is 0 Å². The summed E-state index contributed by atoms with van der Waals surface area (Å²) < 4.78 is 8.86. The highest BCUT2D eigenvalue weighted by atomic mass is 79.9. The van der Waals surface area contributed by atoms with Gasteiger partial charge in [-0.2, -0.15) is 0 Å². The van der Waals surface area contributed by atoms with E-state index in [9.17, 15) is 0 Å². The maximum Gasteiger partial charge on any atom is 0.152 e. The first-order valence-electron chi connectivity index (χ1n) is 5.72. The van der Waals surface area contributed by atoms with Crippen LogP contribution in [0.2, 0.25) is 0 Å². The Morgan fingerprint density at radius 1 is 1.17 bits per heavy atom. The van der Waals surface area contributed by atoms with Crippen molar-refractivity contribution in [3.8, 4) is 17.0 Å². The maximum absolute atomic E-state index is 5.78. The second kappa shape index (κ2) is 3.59. The van der Waals surface area contributed by atoms with E-state index in [1.807, 2.05) is 42.6 Å². The summed E-state index contributed by atoms with van der Waals surface area (Å²) in [5.41, 5.74) is 4.12. The van der Waals surface area contributed by atoms with Crippen molar-refractivity contribution in [2.24, 2.45) is 0 Å². The van der Waals surface area contributed by atoms with Crippen LogP contribution >= 0.6 is 15.9 Å². The molecule has 1 aliphatic heterocycles. The fraction of sp³-hybridized carbons (Fsp3) is 0.0714. The Morgan fingerprint density at radius 3 is 3.00 bits per heavy atom. The van der Waals surface area contributed by atoms with Crippen LogP contribution < -0.4 is 4.74 Å². The predicted molar refractivity (Wildman–Crippen MR) is 72.7 cm³/mol. The van der Waals surface area contributed by atoms with E-state index >= 15 is 0 Å². The molecule has 0 fully saturated rings. The van der Waals surface area contributed by atoms with E-state index in [1.54, 1.807) is 0 Å². The Bertz CT molecular complexity index is 764. The Hall–Kier alpha value is -1.81. The minimum absolute atomic E-state index is 0.559. The summed E-state index contributed by atoms with van der Waals surface area (Å²) >= 11 is 3.54. The first kappa shape index (κ1) is 10.1. The summed E-state index contributed by atoms with van der Waals surface area (Å²) in [6.45, 7) is 0.559. The van der Waals surface area contributed by atoms with E-state index in [-0.39, 0.29) is 0 Å². The number of hydrogen-bond donors (Lipinski definition) is 0. The number of ether oxygens (including phenoxy) is 1. The first-order valence-corrected chi connectivity index (χ1v) is 6.51. The van der Waals surface area contributed by atoms with Crippen molar-refractivity contribution in [2.45, 2.75) is 6.61 Å². The summed E-state index contributed by atoms with van der Waals surface area (Å²) in [6.07, 6.45) is 2.02. The highest BCUT2D eigenvalue weighted by Gasteiger charge is 2.22. The number of imidazole rings is 1. The molecule has 0 atom stereocenters. The predicted octanol–water partition coefficient (Wildman–Crippen LogP) is 3.66. The van der Waals surface area contributed by atoms with E-state index in [0.717, 1.165) is 32.8 Å². The first-order chi connectivity index (χ1) is 8.84. The van der Waals surface area contributed by atoms with Crippen LogP contribution in [0, 0.1) is 0 Å². The Morgan fingerprint density at radius 2 is 2.06 bits per heavy atom. The number of rotatable bonds is 0. The molecule has 0 unspecified atom stereocenters. The van der Waals surface area contributed by atoms with Crippen molar-refractivity contribution in [3.63, 3.8) is 0 Å². The normalized spacial score (nSPS) is 12.9. The molecule has 2 aromatic heterocycles. The second-order valence-corrected chi connectivity index (χ2v) is 5.10. The largest absolute Gasteiger partial charge is 0.487 e. The molecule has 18 heavy (non-hydrogen) atoms. The topological polar surface area (TPSA) is 26.5 Å². The highest BCUT2D eigenvalue weighted by Crippen LogP contribution is 2.37. The van der Waals surface area contributed by atoms with E-state index in [4.69, 9.17) is 9.72 Å². The fourth-order valence-corrected chi connectivity index (χ4v) is 2.80. The number of para-hydroxylation sites is 1. The quantitative estimate of drug-likeness (QED) is 0.633. The summed E-state index contributed by atoms with van der Waals surface area (Å²) in [5.74, 6) is 0.907. The summed E-state index contributed by atoms with van der Waals surface area (Å²) in [5, 5.41) is 0. The van der Waals surface area contributed by atoms with Crippen LogP contribution in [0.5, 0.6) is 5.75 Å². The van der Waals surface area contributed by atoms with Crippen molar-refractivity contribution in [1.82, 2.24) is 9.38 Å². The molecule has 0 spiro atoms. The van der Waals surface area contributed by atoms with Crippen LogP contribution in [-0.2, 0) is 6.61 Å². The molecule has 0 N–H and O–H groups in total. The number of aromatic nitrogens is 2. The van der Waals surface area contributed by atoms with Gasteiger partial charge in [0.1, 0.15) is 12.4 Å². The van der Waals surface area contributed by atoms with Crippen LogP contribution in [-0.4, -0.2) is 9.38 Å². The zero-order valence-electron chi connectivity index (χ0n) is 9.43.